The minimum atomic E-state index is -3.52. The molecule has 1 aromatic rings. The summed E-state index contributed by atoms with van der Waals surface area (Å²) in [6, 6.07) is 3.39. The molecule has 23 heavy (non-hydrogen) atoms. The number of hydrogen-bond donors (Lipinski definition) is 3. The molecule has 0 saturated carbocycles. The Hall–Kier alpha value is -2.20. The van der Waals surface area contributed by atoms with Crippen LogP contribution in [0.5, 0.6) is 0 Å². The third-order valence-electron chi connectivity index (χ3n) is 2.86. The molecule has 1 unspecified atom stereocenters. The molecular weight excluding hydrogens is 324 g/mol. The molecule has 0 radical (unpaired) electrons. The Kier molecular flexibility index (Phi) is 6.46. The number of benzene rings is 1. The standard InChI is InChI=1S/C13H20N4O5S/c1-9(14)7-13(18)16-6-5-15-11-4-3-10(23(2,21)22)8-12(11)17(19)20/h3-4,8-9,15H,5-7,14H2,1-2H3,(H,16,18). The molecule has 0 spiro atoms. The predicted octanol–water partition coefficient (Wildman–Crippen LogP) is 0.264. The van der Waals surface area contributed by atoms with Crippen molar-refractivity contribution in [2.45, 2.75) is 24.3 Å². The first-order chi connectivity index (χ1) is 10.6. The van der Waals surface area contributed by atoms with E-state index in [2.05, 4.69) is 10.6 Å². The predicted molar refractivity (Wildman–Crippen MR) is 86.0 cm³/mol. The zero-order valence-electron chi connectivity index (χ0n) is 12.9. The van der Waals surface area contributed by atoms with Gasteiger partial charge in [-0.3, -0.25) is 14.9 Å². The van der Waals surface area contributed by atoms with Crippen LogP contribution in [0.1, 0.15) is 13.3 Å². The fraction of sp³-hybridized carbons (Fsp3) is 0.462. The van der Waals surface area contributed by atoms with E-state index in [9.17, 15) is 23.3 Å². The van der Waals surface area contributed by atoms with E-state index in [1.807, 2.05) is 0 Å². The van der Waals surface area contributed by atoms with E-state index >= 15 is 0 Å². The lowest BCUT2D eigenvalue weighted by molar-refractivity contribution is -0.384. The van der Waals surface area contributed by atoms with Gasteiger partial charge in [0.05, 0.1) is 9.82 Å². The van der Waals surface area contributed by atoms with Gasteiger partial charge >= 0.3 is 0 Å². The van der Waals surface area contributed by atoms with Crippen LogP contribution < -0.4 is 16.4 Å². The molecule has 0 aliphatic rings. The van der Waals surface area contributed by atoms with Gasteiger partial charge in [0.1, 0.15) is 5.69 Å². The van der Waals surface area contributed by atoms with Gasteiger partial charge in [0, 0.05) is 37.9 Å². The van der Waals surface area contributed by atoms with Crippen molar-refractivity contribution in [2.24, 2.45) is 5.73 Å². The van der Waals surface area contributed by atoms with Crippen LogP contribution in [0.2, 0.25) is 0 Å². The number of nitrogens with two attached hydrogens (primary N) is 1. The molecular formula is C13H20N4O5S. The van der Waals surface area contributed by atoms with Crippen LogP contribution in [0.15, 0.2) is 23.1 Å². The second-order valence-corrected chi connectivity index (χ2v) is 7.18. The van der Waals surface area contributed by atoms with Crippen LogP contribution in [-0.4, -0.2) is 44.6 Å². The number of anilines is 1. The Balaban J connectivity index is 2.70. The lowest BCUT2D eigenvalue weighted by atomic mass is 10.2. The largest absolute Gasteiger partial charge is 0.378 e. The van der Waals surface area contributed by atoms with E-state index in [0.717, 1.165) is 12.3 Å². The Bertz CT molecular complexity index is 688. The smallest absolute Gasteiger partial charge is 0.293 e. The minimum Gasteiger partial charge on any atom is -0.378 e. The van der Waals surface area contributed by atoms with E-state index in [4.69, 9.17) is 5.73 Å². The number of amides is 1. The van der Waals surface area contributed by atoms with E-state index in [1.165, 1.54) is 12.1 Å². The third-order valence-corrected chi connectivity index (χ3v) is 3.97. The first-order valence-electron chi connectivity index (χ1n) is 6.86. The molecule has 0 aromatic heterocycles. The number of sulfone groups is 1. The van der Waals surface area contributed by atoms with E-state index in [1.54, 1.807) is 6.92 Å². The average molecular weight is 344 g/mol. The van der Waals surface area contributed by atoms with E-state index in [-0.39, 0.29) is 47.7 Å². The van der Waals surface area contributed by atoms with Crippen molar-refractivity contribution in [3.05, 3.63) is 28.3 Å². The van der Waals surface area contributed by atoms with Crippen molar-refractivity contribution in [1.82, 2.24) is 5.32 Å². The van der Waals surface area contributed by atoms with Crippen molar-refractivity contribution in [3.63, 3.8) is 0 Å². The van der Waals surface area contributed by atoms with Crippen molar-refractivity contribution in [2.75, 3.05) is 24.7 Å². The van der Waals surface area contributed by atoms with Crippen LogP contribution in [0, 0.1) is 10.1 Å². The Morgan fingerprint density at radius 2 is 2.04 bits per heavy atom. The topological polar surface area (TPSA) is 144 Å². The summed E-state index contributed by atoms with van der Waals surface area (Å²) in [6.07, 6.45) is 1.18. The van der Waals surface area contributed by atoms with Gasteiger partial charge < -0.3 is 16.4 Å². The zero-order valence-corrected chi connectivity index (χ0v) is 13.7. The maximum absolute atomic E-state index is 11.4. The monoisotopic (exact) mass is 344 g/mol. The van der Waals surface area contributed by atoms with Gasteiger partial charge in [-0.1, -0.05) is 0 Å². The first-order valence-corrected chi connectivity index (χ1v) is 8.75. The molecule has 1 aromatic carbocycles. The summed E-state index contributed by atoms with van der Waals surface area (Å²) in [5.41, 5.74) is 5.34. The summed E-state index contributed by atoms with van der Waals surface area (Å²) >= 11 is 0. The normalized spacial score (nSPS) is 12.5. The average Bonchev–Trinajstić information content (AvgIpc) is 2.41. The lowest BCUT2D eigenvalue weighted by Gasteiger charge is -2.10. The van der Waals surface area contributed by atoms with Gasteiger partial charge in [0.25, 0.3) is 5.69 Å². The molecule has 0 heterocycles. The van der Waals surface area contributed by atoms with Crippen LogP contribution in [0.25, 0.3) is 0 Å². The number of nitrogens with one attached hydrogen (secondary N) is 2. The number of nitro groups is 1. The quantitative estimate of drug-likeness (QED) is 0.348. The van der Waals surface area contributed by atoms with Gasteiger partial charge in [0.15, 0.2) is 9.84 Å². The molecule has 0 bridgehead atoms. The molecule has 1 rings (SSSR count). The van der Waals surface area contributed by atoms with Crippen LogP contribution in [-0.2, 0) is 14.6 Å². The lowest BCUT2D eigenvalue weighted by Crippen LogP contribution is -2.33. The van der Waals surface area contributed by atoms with Gasteiger partial charge in [-0.25, -0.2) is 8.42 Å². The highest BCUT2D eigenvalue weighted by molar-refractivity contribution is 7.90. The Labute approximate surface area is 134 Å². The highest BCUT2D eigenvalue weighted by Crippen LogP contribution is 2.27. The Morgan fingerprint density at radius 1 is 1.39 bits per heavy atom. The molecule has 9 nitrogen and oxygen atoms in total. The van der Waals surface area contributed by atoms with Crippen LogP contribution >= 0.6 is 0 Å². The first kappa shape index (κ1) is 18.8. The number of rotatable bonds is 8. The van der Waals surface area contributed by atoms with E-state index < -0.39 is 14.8 Å². The summed E-state index contributed by atoms with van der Waals surface area (Å²) in [4.78, 5) is 21.7. The van der Waals surface area contributed by atoms with Gasteiger partial charge in [-0.15, -0.1) is 0 Å². The molecule has 4 N–H and O–H groups in total. The molecule has 1 amide bonds. The van der Waals surface area contributed by atoms with Crippen molar-refractivity contribution in [1.29, 1.82) is 0 Å². The highest BCUT2D eigenvalue weighted by atomic mass is 32.2. The number of carbonyl (C=O) groups is 1. The summed E-state index contributed by atoms with van der Waals surface area (Å²) in [5, 5.41) is 16.5. The van der Waals surface area contributed by atoms with Crippen LogP contribution in [0.4, 0.5) is 11.4 Å². The highest BCUT2D eigenvalue weighted by Gasteiger charge is 2.18. The summed E-state index contributed by atoms with van der Waals surface area (Å²) in [6.45, 7) is 2.23. The summed E-state index contributed by atoms with van der Waals surface area (Å²) in [7, 11) is -3.52. The van der Waals surface area contributed by atoms with Gasteiger partial charge in [-0.2, -0.15) is 0 Å². The second-order valence-electron chi connectivity index (χ2n) is 5.17. The van der Waals surface area contributed by atoms with E-state index in [0.29, 0.717) is 0 Å². The Morgan fingerprint density at radius 3 is 2.57 bits per heavy atom. The molecule has 10 heteroatoms. The maximum Gasteiger partial charge on any atom is 0.293 e. The number of nitrogens with zero attached hydrogens (tertiary/aromatic N) is 1. The van der Waals surface area contributed by atoms with Gasteiger partial charge in [0.2, 0.25) is 5.91 Å². The van der Waals surface area contributed by atoms with Crippen molar-refractivity contribution in [3.8, 4) is 0 Å². The molecule has 128 valence electrons. The fourth-order valence-electron chi connectivity index (χ4n) is 1.81. The number of nitro benzene ring substituents is 1. The number of carbonyl (C=O) groups excluding carboxylic acids is 1. The molecule has 0 saturated heterocycles. The SMILES string of the molecule is CC(N)CC(=O)NCCNc1ccc(S(C)(=O)=O)cc1[N+](=O)[O-]. The minimum absolute atomic E-state index is 0.125. The molecule has 0 aliphatic heterocycles. The van der Waals surface area contributed by atoms with Crippen molar-refractivity contribution >= 4 is 27.1 Å². The zero-order chi connectivity index (χ0) is 17.6. The number of hydrogen-bond acceptors (Lipinski definition) is 7. The van der Waals surface area contributed by atoms with Gasteiger partial charge in [-0.05, 0) is 19.1 Å². The third kappa shape index (κ3) is 6.20. The molecule has 1 atom stereocenters. The molecule has 0 aliphatic carbocycles. The fourth-order valence-corrected chi connectivity index (χ4v) is 2.45. The summed E-state index contributed by atoms with van der Waals surface area (Å²) in [5.74, 6) is -0.205. The van der Waals surface area contributed by atoms with Crippen molar-refractivity contribution < 1.29 is 18.1 Å². The molecule has 0 fully saturated rings. The van der Waals surface area contributed by atoms with Crippen LogP contribution in [0.3, 0.4) is 0 Å². The maximum atomic E-state index is 11.4. The summed E-state index contributed by atoms with van der Waals surface area (Å²) < 4.78 is 22.9. The second kappa shape index (κ2) is 7.88.